The second kappa shape index (κ2) is 8.33. The molecule has 18 heavy (non-hydrogen) atoms. The first-order valence-corrected chi connectivity index (χ1v) is 6.35. The lowest BCUT2D eigenvalue weighted by Crippen LogP contribution is -2.38. The maximum absolute atomic E-state index is 11.4. The van der Waals surface area contributed by atoms with Gasteiger partial charge in [0, 0.05) is 25.8 Å². The van der Waals surface area contributed by atoms with Gasteiger partial charge in [-0.3, -0.25) is 0 Å². The van der Waals surface area contributed by atoms with E-state index in [9.17, 15) is 4.79 Å². The van der Waals surface area contributed by atoms with Crippen LogP contribution >= 0.6 is 0 Å². The Morgan fingerprint density at radius 2 is 2.00 bits per heavy atom. The molecule has 0 fully saturated rings. The number of hydrogen-bond acceptors (Lipinski definition) is 3. The van der Waals surface area contributed by atoms with E-state index in [1.54, 1.807) is 6.20 Å². The van der Waals surface area contributed by atoms with E-state index in [0.29, 0.717) is 19.0 Å². The molecule has 3 N–H and O–H groups in total. The van der Waals surface area contributed by atoms with Crippen molar-refractivity contribution in [1.82, 2.24) is 15.6 Å². The molecule has 0 atom stereocenters. The van der Waals surface area contributed by atoms with E-state index in [2.05, 4.69) is 34.8 Å². The molecule has 0 saturated carbocycles. The molecule has 0 radical (unpaired) electrons. The minimum atomic E-state index is -0.113. The average molecular weight is 250 g/mol. The lowest BCUT2D eigenvalue weighted by atomic mass is 10.1. The van der Waals surface area contributed by atoms with Gasteiger partial charge in [0.15, 0.2) is 0 Å². The van der Waals surface area contributed by atoms with Crippen LogP contribution in [0.2, 0.25) is 0 Å². The van der Waals surface area contributed by atoms with Gasteiger partial charge in [-0.1, -0.05) is 19.9 Å². The minimum absolute atomic E-state index is 0.113. The molecule has 1 aromatic heterocycles. The van der Waals surface area contributed by atoms with Crippen LogP contribution in [0, 0.1) is 5.92 Å². The van der Waals surface area contributed by atoms with Crippen LogP contribution in [0.25, 0.3) is 0 Å². The molecule has 0 saturated heterocycles. The second-order valence-electron chi connectivity index (χ2n) is 4.51. The summed E-state index contributed by atoms with van der Waals surface area (Å²) in [6.07, 6.45) is 2.73. The Balaban J connectivity index is 2.02. The first kappa shape index (κ1) is 14.3. The molecular formula is C13H22N4O. The largest absolute Gasteiger partial charge is 0.368 e. The molecule has 0 bridgehead atoms. The van der Waals surface area contributed by atoms with Crippen LogP contribution in [0.4, 0.5) is 10.6 Å². The van der Waals surface area contributed by atoms with Crippen molar-refractivity contribution in [3.63, 3.8) is 0 Å². The zero-order valence-corrected chi connectivity index (χ0v) is 11.1. The fourth-order valence-electron chi connectivity index (χ4n) is 1.37. The Morgan fingerprint density at radius 1 is 1.22 bits per heavy atom. The zero-order valence-electron chi connectivity index (χ0n) is 11.1. The summed E-state index contributed by atoms with van der Waals surface area (Å²) >= 11 is 0. The first-order valence-electron chi connectivity index (χ1n) is 6.35. The number of hydrogen-bond donors (Lipinski definition) is 3. The molecule has 0 aromatic carbocycles. The van der Waals surface area contributed by atoms with Crippen molar-refractivity contribution in [2.75, 3.05) is 25.0 Å². The van der Waals surface area contributed by atoms with E-state index in [0.717, 1.165) is 18.8 Å². The fourth-order valence-corrected chi connectivity index (χ4v) is 1.37. The van der Waals surface area contributed by atoms with Gasteiger partial charge in [0.25, 0.3) is 0 Å². The van der Waals surface area contributed by atoms with E-state index in [-0.39, 0.29) is 6.03 Å². The quantitative estimate of drug-likeness (QED) is 0.647. The molecule has 100 valence electrons. The number of amides is 2. The third-order valence-corrected chi connectivity index (χ3v) is 2.39. The molecule has 1 heterocycles. The molecular weight excluding hydrogens is 228 g/mol. The number of rotatable bonds is 7. The monoisotopic (exact) mass is 250 g/mol. The Labute approximate surface area is 108 Å². The highest BCUT2D eigenvalue weighted by molar-refractivity contribution is 5.73. The number of carbonyl (C=O) groups excluding carboxylic acids is 1. The predicted molar refractivity (Wildman–Crippen MR) is 73.6 cm³/mol. The van der Waals surface area contributed by atoms with Crippen molar-refractivity contribution in [3.8, 4) is 0 Å². The van der Waals surface area contributed by atoms with Gasteiger partial charge in [-0.15, -0.1) is 0 Å². The van der Waals surface area contributed by atoms with Crippen LogP contribution in [-0.2, 0) is 0 Å². The summed E-state index contributed by atoms with van der Waals surface area (Å²) in [5.41, 5.74) is 0. The molecule has 0 aliphatic heterocycles. The number of urea groups is 1. The second-order valence-corrected chi connectivity index (χ2v) is 4.51. The molecule has 0 aliphatic rings. The number of carbonyl (C=O) groups is 1. The van der Waals surface area contributed by atoms with Crippen molar-refractivity contribution in [2.45, 2.75) is 20.3 Å². The van der Waals surface area contributed by atoms with Gasteiger partial charge in [-0.25, -0.2) is 9.78 Å². The molecule has 1 aromatic rings. The van der Waals surface area contributed by atoms with Gasteiger partial charge in [0.05, 0.1) is 0 Å². The number of pyridine rings is 1. The standard InChI is InChI=1S/C13H22N4O/c1-11(2)6-8-16-13(18)17-10-9-15-12-5-3-4-7-14-12/h3-5,7,11H,6,8-10H2,1-2H3,(H,14,15)(H2,16,17,18). The molecule has 0 unspecified atom stereocenters. The maximum atomic E-state index is 11.4. The van der Waals surface area contributed by atoms with Crippen LogP contribution in [0.5, 0.6) is 0 Å². The molecule has 5 heteroatoms. The SMILES string of the molecule is CC(C)CCNC(=O)NCCNc1ccccn1. The van der Waals surface area contributed by atoms with Gasteiger partial charge in [-0.05, 0) is 24.5 Å². The minimum Gasteiger partial charge on any atom is -0.368 e. The van der Waals surface area contributed by atoms with Crippen LogP contribution in [0.1, 0.15) is 20.3 Å². The lowest BCUT2D eigenvalue weighted by molar-refractivity contribution is 0.240. The summed E-state index contributed by atoms with van der Waals surface area (Å²) in [5.74, 6) is 1.43. The fraction of sp³-hybridized carbons (Fsp3) is 0.538. The number of aromatic nitrogens is 1. The van der Waals surface area contributed by atoms with E-state index in [1.165, 1.54) is 0 Å². The van der Waals surface area contributed by atoms with Crippen molar-refractivity contribution < 1.29 is 4.79 Å². The third-order valence-electron chi connectivity index (χ3n) is 2.39. The van der Waals surface area contributed by atoms with E-state index >= 15 is 0 Å². The van der Waals surface area contributed by atoms with Crippen LogP contribution in [0.3, 0.4) is 0 Å². The van der Waals surface area contributed by atoms with Crippen molar-refractivity contribution in [2.24, 2.45) is 5.92 Å². The van der Waals surface area contributed by atoms with Crippen molar-refractivity contribution in [1.29, 1.82) is 0 Å². The Bertz CT molecular complexity index is 340. The van der Waals surface area contributed by atoms with Crippen LogP contribution in [-0.4, -0.2) is 30.6 Å². The third kappa shape index (κ3) is 6.73. The molecule has 2 amide bonds. The van der Waals surface area contributed by atoms with Gasteiger partial charge < -0.3 is 16.0 Å². The summed E-state index contributed by atoms with van der Waals surface area (Å²) < 4.78 is 0. The Hall–Kier alpha value is -1.78. The average Bonchev–Trinajstić information content (AvgIpc) is 2.35. The highest BCUT2D eigenvalue weighted by Crippen LogP contribution is 1.98. The highest BCUT2D eigenvalue weighted by atomic mass is 16.2. The lowest BCUT2D eigenvalue weighted by Gasteiger charge is -2.09. The Kier molecular flexibility index (Phi) is 6.61. The van der Waals surface area contributed by atoms with E-state index in [4.69, 9.17) is 0 Å². The maximum Gasteiger partial charge on any atom is 0.314 e. The van der Waals surface area contributed by atoms with E-state index in [1.807, 2.05) is 18.2 Å². The molecule has 5 nitrogen and oxygen atoms in total. The van der Waals surface area contributed by atoms with Crippen LogP contribution in [0.15, 0.2) is 24.4 Å². The van der Waals surface area contributed by atoms with Crippen LogP contribution < -0.4 is 16.0 Å². The normalized spacial score (nSPS) is 10.2. The van der Waals surface area contributed by atoms with Gasteiger partial charge in [-0.2, -0.15) is 0 Å². The summed E-state index contributed by atoms with van der Waals surface area (Å²) in [6.45, 7) is 6.22. The number of nitrogens with zero attached hydrogens (tertiary/aromatic N) is 1. The topological polar surface area (TPSA) is 66.1 Å². The van der Waals surface area contributed by atoms with Gasteiger partial charge in [0.1, 0.15) is 5.82 Å². The van der Waals surface area contributed by atoms with E-state index < -0.39 is 0 Å². The number of anilines is 1. The summed E-state index contributed by atoms with van der Waals surface area (Å²) in [4.78, 5) is 15.5. The van der Waals surface area contributed by atoms with Crippen molar-refractivity contribution >= 4 is 11.8 Å². The number of nitrogens with one attached hydrogen (secondary N) is 3. The smallest absolute Gasteiger partial charge is 0.314 e. The van der Waals surface area contributed by atoms with Gasteiger partial charge >= 0.3 is 6.03 Å². The molecule has 0 spiro atoms. The predicted octanol–water partition coefficient (Wildman–Crippen LogP) is 1.84. The zero-order chi connectivity index (χ0) is 13.2. The molecule has 1 rings (SSSR count). The first-order chi connectivity index (χ1) is 8.68. The van der Waals surface area contributed by atoms with Crippen molar-refractivity contribution in [3.05, 3.63) is 24.4 Å². The summed E-state index contributed by atoms with van der Waals surface area (Å²) in [7, 11) is 0. The highest BCUT2D eigenvalue weighted by Gasteiger charge is 1.99. The summed E-state index contributed by atoms with van der Waals surface area (Å²) in [5, 5.41) is 8.73. The Morgan fingerprint density at radius 3 is 2.67 bits per heavy atom. The summed E-state index contributed by atoms with van der Waals surface area (Å²) in [6, 6.07) is 5.56. The molecule has 0 aliphatic carbocycles. The van der Waals surface area contributed by atoms with Gasteiger partial charge in [0.2, 0.25) is 0 Å².